The van der Waals surface area contributed by atoms with Crippen molar-refractivity contribution in [2.24, 2.45) is 5.73 Å². The van der Waals surface area contributed by atoms with Crippen LogP contribution in [0.4, 0.5) is 0 Å². The third-order valence-corrected chi connectivity index (χ3v) is 5.11. The van der Waals surface area contributed by atoms with Crippen molar-refractivity contribution in [3.8, 4) is 0 Å². The number of benzene rings is 1. The highest BCUT2D eigenvalue weighted by Crippen LogP contribution is 2.40. The molecular formula is C17H27N. The normalized spacial score (nSPS) is 19.1. The van der Waals surface area contributed by atoms with E-state index in [0.29, 0.717) is 0 Å². The molecule has 2 N–H and O–H groups in total. The minimum absolute atomic E-state index is 0.273. The first-order valence-electron chi connectivity index (χ1n) is 7.35. The van der Waals surface area contributed by atoms with Gasteiger partial charge in [-0.05, 0) is 35.8 Å². The van der Waals surface area contributed by atoms with Gasteiger partial charge in [0.2, 0.25) is 0 Å². The Hall–Kier alpha value is -0.820. The molecule has 0 heterocycles. The summed E-state index contributed by atoms with van der Waals surface area (Å²) >= 11 is 0. The van der Waals surface area contributed by atoms with E-state index in [1.54, 1.807) is 0 Å². The third kappa shape index (κ3) is 2.33. The number of hydrogen-bond acceptors (Lipinski definition) is 1. The van der Waals surface area contributed by atoms with Gasteiger partial charge in [-0.1, -0.05) is 57.9 Å². The Kier molecular flexibility index (Phi) is 3.82. The Balaban J connectivity index is 2.27. The Morgan fingerprint density at radius 3 is 2.11 bits per heavy atom. The van der Waals surface area contributed by atoms with Crippen molar-refractivity contribution in [3.05, 3.63) is 35.4 Å². The Labute approximate surface area is 112 Å². The Morgan fingerprint density at radius 1 is 1.11 bits per heavy atom. The maximum absolute atomic E-state index is 6.05. The van der Waals surface area contributed by atoms with Crippen LogP contribution in [-0.4, -0.2) is 6.54 Å². The molecule has 18 heavy (non-hydrogen) atoms. The molecule has 0 radical (unpaired) electrons. The molecule has 1 fully saturated rings. The summed E-state index contributed by atoms with van der Waals surface area (Å²) in [5.74, 6) is 0. The van der Waals surface area contributed by atoms with Crippen LogP contribution >= 0.6 is 0 Å². The Morgan fingerprint density at radius 2 is 1.67 bits per heavy atom. The van der Waals surface area contributed by atoms with E-state index in [-0.39, 0.29) is 10.8 Å². The number of rotatable bonds is 4. The zero-order valence-corrected chi connectivity index (χ0v) is 12.1. The second-order valence-electron chi connectivity index (χ2n) is 6.51. The van der Waals surface area contributed by atoms with Crippen molar-refractivity contribution in [2.75, 3.05) is 6.54 Å². The zero-order chi connectivity index (χ0) is 13.2. The van der Waals surface area contributed by atoms with E-state index in [9.17, 15) is 0 Å². The molecule has 0 amide bonds. The van der Waals surface area contributed by atoms with Crippen LogP contribution in [0.1, 0.15) is 64.0 Å². The van der Waals surface area contributed by atoms with Gasteiger partial charge >= 0.3 is 0 Å². The van der Waals surface area contributed by atoms with Crippen LogP contribution in [0.25, 0.3) is 0 Å². The van der Waals surface area contributed by atoms with Crippen molar-refractivity contribution >= 4 is 0 Å². The van der Waals surface area contributed by atoms with Crippen LogP contribution in [0.3, 0.4) is 0 Å². The molecule has 1 aliphatic rings. The lowest BCUT2D eigenvalue weighted by Crippen LogP contribution is -2.32. The summed E-state index contributed by atoms with van der Waals surface area (Å²) in [6.45, 7) is 7.68. The molecule has 1 aromatic rings. The predicted octanol–water partition coefficient (Wildman–Crippen LogP) is 4.14. The SMILES string of the molecule is CCC(C)(C)c1ccc(C2(CN)CCCC2)cc1. The van der Waals surface area contributed by atoms with Crippen molar-refractivity contribution in [2.45, 2.75) is 63.7 Å². The molecule has 1 heteroatoms. The standard InChI is InChI=1S/C17H27N/c1-4-16(2,3)14-7-9-15(10-8-14)17(13-18)11-5-6-12-17/h7-10H,4-6,11-13,18H2,1-3H3. The minimum atomic E-state index is 0.273. The molecule has 0 aliphatic heterocycles. The highest BCUT2D eigenvalue weighted by molar-refractivity contribution is 5.33. The average molecular weight is 245 g/mol. The van der Waals surface area contributed by atoms with Crippen LogP contribution in [0.15, 0.2) is 24.3 Å². The second-order valence-corrected chi connectivity index (χ2v) is 6.51. The molecule has 1 nitrogen and oxygen atoms in total. The molecule has 1 aliphatic carbocycles. The van der Waals surface area contributed by atoms with E-state index >= 15 is 0 Å². The lowest BCUT2D eigenvalue weighted by atomic mass is 9.76. The first kappa shape index (κ1) is 13.6. The first-order valence-corrected chi connectivity index (χ1v) is 7.35. The van der Waals surface area contributed by atoms with Crippen LogP contribution in [0.2, 0.25) is 0 Å². The monoisotopic (exact) mass is 245 g/mol. The molecular weight excluding hydrogens is 218 g/mol. The molecule has 0 atom stereocenters. The van der Waals surface area contributed by atoms with Gasteiger partial charge in [-0.2, -0.15) is 0 Å². The van der Waals surface area contributed by atoms with Crippen LogP contribution in [0, 0.1) is 0 Å². The van der Waals surface area contributed by atoms with E-state index in [0.717, 1.165) is 6.54 Å². The summed E-state index contributed by atoms with van der Waals surface area (Å²) in [4.78, 5) is 0. The molecule has 2 rings (SSSR count). The minimum Gasteiger partial charge on any atom is -0.330 e. The van der Waals surface area contributed by atoms with Gasteiger partial charge in [0.05, 0.1) is 0 Å². The summed E-state index contributed by atoms with van der Waals surface area (Å²) in [5.41, 5.74) is 9.51. The van der Waals surface area contributed by atoms with E-state index in [1.165, 1.54) is 43.2 Å². The van der Waals surface area contributed by atoms with Crippen molar-refractivity contribution in [1.29, 1.82) is 0 Å². The lowest BCUT2D eigenvalue weighted by molar-refractivity contribution is 0.451. The first-order chi connectivity index (χ1) is 8.54. The smallest absolute Gasteiger partial charge is 0.00755 e. The highest BCUT2D eigenvalue weighted by atomic mass is 14.6. The largest absolute Gasteiger partial charge is 0.330 e. The quantitative estimate of drug-likeness (QED) is 0.847. The van der Waals surface area contributed by atoms with Crippen molar-refractivity contribution < 1.29 is 0 Å². The third-order valence-electron chi connectivity index (χ3n) is 5.11. The second kappa shape index (κ2) is 5.05. The molecule has 1 aromatic carbocycles. The van der Waals surface area contributed by atoms with Crippen LogP contribution in [0.5, 0.6) is 0 Å². The van der Waals surface area contributed by atoms with Gasteiger partial charge in [-0.3, -0.25) is 0 Å². The summed E-state index contributed by atoms with van der Waals surface area (Å²) < 4.78 is 0. The van der Waals surface area contributed by atoms with Crippen LogP contribution < -0.4 is 5.73 Å². The summed E-state index contributed by atoms with van der Waals surface area (Å²) in [6, 6.07) is 9.28. The van der Waals surface area contributed by atoms with E-state index < -0.39 is 0 Å². The molecule has 0 bridgehead atoms. The van der Waals surface area contributed by atoms with Gasteiger partial charge in [0.15, 0.2) is 0 Å². The fourth-order valence-corrected chi connectivity index (χ4v) is 3.14. The van der Waals surface area contributed by atoms with Gasteiger partial charge < -0.3 is 5.73 Å². The molecule has 0 spiro atoms. The van der Waals surface area contributed by atoms with Gasteiger partial charge in [0, 0.05) is 12.0 Å². The van der Waals surface area contributed by atoms with E-state index in [1.807, 2.05) is 0 Å². The fraction of sp³-hybridized carbons (Fsp3) is 0.647. The number of nitrogens with two attached hydrogens (primary N) is 1. The van der Waals surface area contributed by atoms with Crippen molar-refractivity contribution in [3.63, 3.8) is 0 Å². The summed E-state index contributed by atoms with van der Waals surface area (Å²) in [7, 11) is 0. The van der Waals surface area contributed by atoms with Gasteiger partial charge in [-0.25, -0.2) is 0 Å². The molecule has 100 valence electrons. The Bertz CT molecular complexity index is 383. The van der Waals surface area contributed by atoms with Crippen molar-refractivity contribution in [1.82, 2.24) is 0 Å². The fourth-order valence-electron chi connectivity index (χ4n) is 3.14. The van der Waals surface area contributed by atoms with E-state index in [2.05, 4.69) is 45.0 Å². The maximum Gasteiger partial charge on any atom is 0.00755 e. The average Bonchev–Trinajstić information content (AvgIpc) is 2.89. The topological polar surface area (TPSA) is 26.0 Å². The maximum atomic E-state index is 6.05. The number of hydrogen-bond donors (Lipinski definition) is 1. The molecule has 0 saturated heterocycles. The molecule has 0 unspecified atom stereocenters. The van der Waals surface area contributed by atoms with E-state index in [4.69, 9.17) is 5.73 Å². The summed E-state index contributed by atoms with van der Waals surface area (Å²) in [6.07, 6.45) is 6.37. The predicted molar refractivity (Wildman–Crippen MR) is 79.0 cm³/mol. The lowest BCUT2D eigenvalue weighted by Gasteiger charge is -2.29. The summed E-state index contributed by atoms with van der Waals surface area (Å²) in [5, 5.41) is 0. The molecule has 1 saturated carbocycles. The highest BCUT2D eigenvalue weighted by Gasteiger charge is 2.34. The van der Waals surface area contributed by atoms with Gasteiger partial charge in [-0.15, -0.1) is 0 Å². The molecule has 0 aromatic heterocycles. The van der Waals surface area contributed by atoms with Crippen LogP contribution in [-0.2, 0) is 10.8 Å². The van der Waals surface area contributed by atoms with Gasteiger partial charge in [0.1, 0.15) is 0 Å². The zero-order valence-electron chi connectivity index (χ0n) is 12.1. The van der Waals surface area contributed by atoms with Gasteiger partial charge in [0.25, 0.3) is 0 Å².